The van der Waals surface area contributed by atoms with Gasteiger partial charge in [-0.25, -0.2) is 4.79 Å². The van der Waals surface area contributed by atoms with Crippen molar-refractivity contribution < 1.29 is 24.2 Å². The van der Waals surface area contributed by atoms with E-state index in [-0.39, 0.29) is 13.2 Å². The van der Waals surface area contributed by atoms with Gasteiger partial charge in [-0.1, -0.05) is 5.11 Å². The van der Waals surface area contributed by atoms with Crippen molar-refractivity contribution in [1.82, 2.24) is 0 Å². The van der Waals surface area contributed by atoms with Crippen molar-refractivity contribution in [2.45, 2.75) is 26.0 Å². The van der Waals surface area contributed by atoms with E-state index in [0.717, 1.165) is 0 Å². The molecule has 16 heavy (non-hydrogen) atoms. The van der Waals surface area contributed by atoms with Crippen molar-refractivity contribution in [1.29, 1.82) is 0 Å². The third-order valence-corrected chi connectivity index (χ3v) is 1.53. The first kappa shape index (κ1) is 14.2. The summed E-state index contributed by atoms with van der Waals surface area (Å²) < 4.78 is 9.01. The molecule has 8 heteroatoms. The Morgan fingerprint density at radius 3 is 2.25 bits per heavy atom. The summed E-state index contributed by atoms with van der Waals surface area (Å²) in [6.45, 7) is 3.17. The van der Waals surface area contributed by atoms with Crippen molar-refractivity contribution in [3.8, 4) is 0 Å². The summed E-state index contributed by atoms with van der Waals surface area (Å²) in [7, 11) is 0. The zero-order valence-electron chi connectivity index (χ0n) is 8.99. The van der Waals surface area contributed by atoms with Crippen LogP contribution in [0.1, 0.15) is 13.8 Å². The van der Waals surface area contributed by atoms with Crippen molar-refractivity contribution in [2.75, 3.05) is 13.2 Å². The highest BCUT2D eigenvalue weighted by molar-refractivity contribution is 5.86. The summed E-state index contributed by atoms with van der Waals surface area (Å²) in [6, 6.07) is -1.62. The van der Waals surface area contributed by atoms with Crippen LogP contribution in [0.2, 0.25) is 0 Å². The maximum atomic E-state index is 11.2. The van der Waals surface area contributed by atoms with Crippen LogP contribution < -0.4 is 0 Å². The third kappa shape index (κ3) is 4.16. The molecule has 2 atom stereocenters. The van der Waals surface area contributed by atoms with Gasteiger partial charge >= 0.3 is 11.9 Å². The Labute approximate surface area is 91.8 Å². The zero-order valence-corrected chi connectivity index (χ0v) is 8.99. The van der Waals surface area contributed by atoms with E-state index in [1.165, 1.54) is 6.92 Å². The molecule has 0 aliphatic rings. The molecule has 0 spiro atoms. The fourth-order valence-electron chi connectivity index (χ4n) is 0.879. The average molecular weight is 231 g/mol. The van der Waals surface area contributed by atoms with Gasteiger partial charge in [0.2, 0.25) is 0 Å². The Morgan fingerprint density at radius 2 is 1.81 bits per heavy atom. The maximum absolute atomic E-state index is 11.2. The van der Waals surface area contributed by atoms with E-state index in [9.17, 15) is 14.7 Å². The second-order valence-electron chi connectivity index (χ2n) is 2.60. The van der Waals surface area contributed by atoms with Crippen LogP contribution in [-0.2, 0) is 19.1 Å². The number of aliphatic hydroxyl groups is 1. The Balaban J connectivity index is 4.70. The molecule has 0 bridgehead atoms. The number of rotatable bonds is 6. The minimum Gasteiger partial charge on any atom is -0.466 e. The van der Waals surface area contributed by atoms with Crippen LogP contribution in [0.3, 0.4) is 0 Å². The van der Waals surface area contributed by atoms with Crippen LogP contribution >= 0.6 is 0 Å². The maximum Gasteiger partial charge on any atom is 0.336 e. The second kappa shape index (κ2) is 7.49. The normalized spacial score (nSPS) is 13.2. The molecule has 90 valence electrons. The van der Waals surface area contributed by atoms with Gasteiger partial charge in [-0.3, -0.25) is 4.79 Å². The number of azide groups is 1. The van der Waals surface area contributed by atoms with Crippen LogP contribution in [0.4, 0.5) is 0 Å². The van der Waals surface area contributed by atoms with E-state index in [1.54, 1.807) is 6.92 Å². The quantitative estimate of drug-likeness (QED) is 0.302. The molecule has 0 aliphatic carbocycles. The number of hydrogen-bond donors (Lipinski definition) is 1. The molecule has 0 aromatic carbocycles. The molecular formula is C8H13N3O5. The zero-order chi connectivity index (χ0) is 12.6. The van der Waals surface area contributed by atoms with Gasteiger partial charge < -0.3 is 14.6 Å². The lowest BCUT2D eigenvalue weighted by Crippen LogP contribution is -2.40. The molecule has 0 saturated heterocycles. The number of aliphatic hydroxyl groups excluding tert-OH is 1. The van der Waals surface area contributed by atoms with Crippen LogP contribution in [0.15, 0.2) is 5.11 Å². The standard InChI is InChI=1S/C8H13N3O5/c1-3-15-7(13)5(10-11-9)6(12)8(14)16-4-2/h5-6,12H,3-4H2,1-2H3/t5-,6-/m1/s1. The van der Waals surface area contributed by atoms with Gasteiger partial charge in [0.25, 0.3) is 0 Å². The number of esters is 2. The molecule has 0 aromatic heterocycles. The molecule has 0 radical (unpaired) electrons. The lowest BCUT2D eigenvalue weighted by atomic mass is 10.2. The molecule has 0 saturated carbocycles. The molecule has 1 N–H and O–H groups in total. The summed E-state index contributed by atoms with van der Waals surface area (Å²) in [5.74, 6) is -2.01. The van der Waals surface area contributed by atoms with Crippen molar-refractivity contribution in [3.05, 3.63) is 10.4 Å². The molecule has 8 nitrogen and oxygen atoms in total. The van der Waals surface area contributed by atoms with Crippen LogP contribution in [0, 0.1) is 0 Å². The Hall–Kier alpha value is -1.79. The van der Waals surface area contributed by atoms with Gasteiger partial charge in [-0.05, 0) is 19.4 Å². The van der Waals surface area contributed by atoms with Crippen LogP contribution in [0.25, 0.3) is 10.4 Å². The minimum absolute atomic E-state index is 0.0434. The predicted octanol–water partition coefficient (Wildman–Crippen LogP) is 0.152. The van der Waals surface area contributed by atoms with Crippen LogP contribution in [0.5, 0.6) is 0 Å². The highest BCUT2D eigenvalue weighted by Crippen LogP contribution is 2.05. The lowest BCUT2D eigenvalue weighted by Gasteiger charge is -2.15. The first-order chi connectivity index (χ1) is 7.58. The summed E-state index contributed by atoms with van der Waals surface area (Å²) in [5, 5.41) is 12.4. The summed E-state index contributed by atoms with van der Waals surface area (Å²) in [6.07, 6.45) is -1.85. The van der Waals surface area contributed by atoms with Crippen molar-refractivity contribution >= 4 is 11.9 Å². The monoisotopic (exact) mass is 231 g/mol. The lowest BCUT2D eigenvalue weighted by molar-refractivity contribution is -0.161. The Kier molecular flexibility index (Phi) is 6.66. The third-order valence-electron chi connectivity index (χ3n) is 1.53. The molecule has 0 aromatic rings. The van der Waals surface area contributed by atoms with Gasteiger partial charge in [-0.2, -0.15) is 0 Å². The first-order valence-electron chi connectivity index (χ1n) is 4.64. The number of carbonyl (C=O) groups excluding carboxylic acids is 2. The van der Waals surface area contributed by atoms with Crippen LogP contribution in [-0.4, -0.2) is 42.4 Å². The SMILES string of the molecule is CCOC(=O)[C@H](O)[C@@H](N=[N+]=[N-])C(=O)OCC. The van der Waals surface area contributed by atoms with E-state index >= 15 is 0 Å². The minimum atomic E-state index is -1.85. The van der Waals surface area contributed by atoms with Gasteiger partial charge in [-0.15, -0.1) is 0 Å². The molecule has 0 unspecified atom stereocenters. The summed E-state index contributed by atoms with van der Waals surface area (Å²) in [5.41, 5.74) is 8.20. The second-order valence-corrected chi connectivity index (χ2v) is 2.60. The number of carbonyl (C=O) groups is 2. The fraction of sp³-hybridized carbons (Fsp3) is 0.750. The molecular weight excluding hydrogens is 218 g/mol. The van der Waals surface area contributed by atoms with E-state index in [1.807, 2.05) is 0 Å². The largest absolute Gasteiger partial charge is 0.466 e. The molecule has 0 heterocycles. The fourth-order valence-corrected chi connectivity index (χ4v) is 0.879. The topological polar surface area (TPSA) is 122 Å². The Morgan fingerprint density at radius 1 is 1.31 bits per heavy atom. The van der Waals surface area contributed by atoms with Gasteiger partial charge in [0.1, 0.15) is 0 Å². The van der Waals surface area contributed by atoms with Gasteiger partial charge in [0.05, 0.1) is 13.2 Å². The van der Waals surface area contributed by atoms with Crippen molar-refractivity contribution in [2.24, 2.45) is 5.11 Å². The smallest absolute Gasteiger partial charge is 0.336 e. The van der Waals surface area contributed by atoms with Gasteiger partial charge in [0, 0.05) is 4.91 Å². The van der Waals surface area contributed by atoms with E-state index in [2.05, 4.69) is 19.5 Å². The first-order valence-corrected chi connectivity index (χ1v) is 4.64. The average Bonchev–Trinajstić information content (AvgIpc) is 2.25. The van der Waals surface area contributed by atoms with Gasteiger partial charge in [0.15, 0.2) is 12.1 Å². The molecule has 0 rings (SSSR count). The van der Waals surface area contributed by atoms with E-state index in [4.69, 9.17) is 5.53 Å². The molecule has 0 fully saturated rings. The van der Waals surface area contributed by atoms with E-state index in [0.29, 0.717) is 0 Å². The van der Waals surface area contributed by atoms with Crippen molar-refractivity contribution in [3.63, 3.8) is 0 Å². The number of nitrogens with zero attached hydrogens (tertiary/aromatic N) is 3. The molecule has 0 aliphatic heterocycles. The predicted molar refractivity (Wildman–Crippen MR) is 52.2 cm³/mol. The summed E-state index contributed by atoms with van der Waals surface area (Å²) >= 11 is 0. The highest BCUT2D eigenvalue weighted by atomic mass is 16.6. The molecule has 0 amide bonds. The Bertz CT molecular complexity index is 300. The highest BCUT2D eigenvalue weighted by Gasteiger charge is 2.33. The summed E-state index contributed by atoms with van der Waals surface area (Å²) in [4.78, 5) is 24.7. The van der Waals surface area contributed by atoms with E-state index < -0.39 is 24.1 Å². The number of ether oxygens (including phenoxy) is 2. The number of hydrogen-bond acceptors (Lipinski definition) is 6.